The molecular formula is C15H19N3OS. The molecule has 4 nitrogen and oxygen atoms in total. The zero-order chi connectivity index (χ0) is 14.4. The lowest BCUT2D eigenvalue weighted by atomic mass is 10.2. The van der Waals surface area contributed by atoms with E-state index in [0.29, 0.717) is 6.42 Å². The lowest BCUT2D eigenvalue weighted by Crippen LogP contribution is -2.16. The standard InChI is InChI=1S/C15H19N3OS/c1-17(10-13-9-16-18(2)11-13)12-15-14(6-8-20-15)5-3-4-7-19/h6,8-9,11,19H,4,7,10,12H2,1-2H3. The van der Waals surface area contributed by atoms with Gasteiger partial charge in [0.15, 0.2) is 0 Å². The Hall–Kier alpha value is -1.61. The summed E-state index contributed by atoms with van der Waals surface area (Å²) in [7, 11) is 4.02. The van der Waals surface area contributed by atoms with Gasteiger partial charge >= 0.3 is 0 Å². The van der Waals surface area contributed by atoms with Gasteiger partial charge in [0.25, 0.3) is 0 Å². The van der Waals surface area contributed by atoms with Gasteiger partial charge in [-0.05, 0) is 18.5 Å². The summed E-state index contributed by atoms with van der Waals surface area (Å²) in [6.07, 6.45) is 4.46. The van der Waals surface area contributed by atoms with E-state index >= 15 is 0 Å². The number of thiophene rings is 1. The summed E-state index contributed by atoms with van der Waals surface area (Å²) in [5.41, 5.74) is 2.28. The van der Waals surface area contributed by atoms with Crippen molar-refractivity contribution in [2.45, 2.75) is 19.5 Å². The average Bonchev–Trinajstić information content (AvgIpc) is 3.00. The van der Waals surface area contributed by atoms with Crippen molar-refractivity contribution in [3.63, 3.8) is 0 Å². The minimum absolute atomic E-state index is 0.118. The molecule has 20 heavy (non-hydrogen) atoms. The fourth-order valence-electron chi connectivity index (χ4n) is 1.95. The van der Waals surface area contributed by atoms with Crippen LogP contribution in [0.15, 0.2) is 23.8 Å². The van der Waals surface area contributed by atoms with Crippen LogP contribution in [-0.2, 0) is 20.1 Å². The van der Waals surface area contributed by atoms with Gasteiger partial charge in [0.05, 0.1) is 12.8 Å². The molecule has 0 bridgehead atoms. The third-order valence-electron chi connectivity index (χ3n) is 2.83. The number of aryl methyl sites for hydroxylation is 1. The number of aliphatic hydroxyl groups excluding tert-OH is 1. The Balaban J connectivity index is 1.96. The van der Waals surface area contributed by atoms with Crippen LogP contribution in [0.4, 0.5) is 0 Å². The highest BCUT2D eigenvalue weighted by atomic mass is 32.1. The Bertz CT molecular complexity index is 606. The second-order valence-electron chi connectivity index (χ2n) is 4.73. The highest BCUT2D eigenvalue weighted by Crippen LogP contribution is 2.18. The van der Waals surface area contributed by atoms with Gasteiger partial charge < -0.3 is 5.11 Å². The number of rotatable bonds is 5. The minimum atomic E-state index is 0.118. The molecule has 0 radical (unpaired) electrons. The maximum absolute atomic E-state index is 8.76. The molecule has 0 aliphatic heterocycles. The van der Waals surface area contributed by atoms with Gasteiger partial charge in [-0.2, -0.15) is 5.10 Å². The van der Waals surface area contributed by atoms with E-state index in [9.17, 15) is 0 Å². The van der Waals surface area contributed by atoms with E-state index in [1.54, 1.807) is 11.3 Å². The predicted molar refractivity (Wildman–Crippen MR) is 81.3 cm³/mol. The molecular weight excluding hydrogens is 270 g/mol. The van der Waals surface area contributed by atoms with Crippen molar-refractivity contribution in [3.8, 4) is 11.8 Å². The molecule has 5 heteroatoms. The molecule has 0 saturated carbocycles. The summed E-state index contributed by atoms with van der Waals surface area (Å²) < 4.78 is 1.82. The predicted octanol–water partition coefficient (Wildman–Crippen LogP) is 1.85. The highest BCUT2D eigenvalue weighted by molar-refractivity contribution is 7.10. The summed E-state index contributed by atoms with van der Waals surface area (Å²) in [6, 6.07) is 2.04. The van der Waals surface area contributed by atoms with Crippen LogP contribution in [0.25, 0.3) is 0 Å². The van der Waals surface area contributed by atoms with Crippen molar-refractivity contribution in [3.05, 3.63) is 39.8 Å². The number of aliphatic hydroxyl groups is 1. The SMILES string of the molecule is CN(Cc1cnn(C)c1)Cc1sccc1C#CCCO. The van der Waals surface area contributed by atoms with Gasteiger partial charge in [-0.15, -0.1) is 11.3 Å². The molecule has 2 aromatic rings. The van der Waals surface area contributed by atoms with Gasteiger partial charge in [0, 0.05) is 48.8 Å². The smallest absolute Gasteiger partial charge is 0.0540 e. The molecule has 0 atom stereocenters. The summed E-state index contributed by atoms with van der Waals surface area (Å²) in [5, 5.41) is 15.0. The maximum atomic E-state index is 8.76. The maximum Gasteiger partial charge on any atom is 0.0540 e. The molecule has 0 saturated heterocycles. The largest absolute Gasteiger partial charge is 0.395 e. The van der Waals surface area contributed by atoms with Crippen molar-refractivity contribution < 1.29 is 5.11 Å². The van der Waals surface area contributed by atoms with E-state index < -0.39 is 0 Å². The first-order chi connectivity index (χ1) is 9.69. The number of hydrogen-bond acceptors (Lipinski definition) is 4. The molecule has 2 rings (SSSR count). The highest BCUT2D eigenvalue weighted by Gasteiger charge is 2.07. The second-order valence-corrected chi connectivity index (χ2v) is 5.73. The summed E-state index contributed by atoms with van der Waals surface area (Å²) >= 11 is 1.72. The van der Waals surface area contributed by atoms with Crippen molar-refractivity contribution >= 4 is 11.3 Å². The summed E-state index contributed by atoms with van der Waals surface area (Å²) in [4.78, 5) is 3.52. The van der Waals surface area contributed by atoms with Gasteiger partial charge in [-0.1, -0.05) is 11.8 Å². The van der Waals surface area contributed by atoms with Gasteiger partial charge in [0.1, 0.15) is 0 Å². The summed E-state index contributed by atoms with van der Waals surface area (Å²) in [5.74, 6) is 6.10. The van der Waals surface area contributed by atoms with E-state index in [0.717, 1.165) is 18.7 Å². The molecule has 0 amide bonds. The number of nitrogens with zero attached hydrogens (tertiary/aromatic N) is 3. The molecule has 1 N–H and O–H groups in total. The molecule has 0 unspecified atom stereocenters. The van der Waals surface area contributed by atoms with Crippen LogP contribution in [0.5, 0.6) is 0 Å². The first-order valence-corrected chi connectivity index (χ1v) is 7.39. The molecule has 2 heterocycles. The molecule has 0 aliphatic carbocycles. The van der Waals surface area contributed by atoms with Crippen molar-refractivity contribution in [1.29, 1.82) is 0 Å². The first-order valence-electron chi connectivity index (χ1n) is 6.51. The molecule has 0 fully saturated rings. The Kier molecular flexibility index (Phi) is 5.36. The van der Waals surface area contributed by atoms with Crippen LogP contribution < -0.4 is 0 Å². The Morgan fingerprint density at radius 1 is 1.45 bits per heavy atom. The third-order valence-corrected chi connectivity index (χ3v) is 3.74. The molecule has 0 spiro atoms. The van der Waals surface area contributed by atoms with Crippen molar-refractivity contribution in [2.24, 2.45) is 7.05 Å². The monoisotopic (exact) mass is 289 g/mol. The lowest BCUT2D eigenvalue weighted by Gasteiger charge is -2.14. The first kappa shape index (κ1) is 14.8. The molecule has 2 aromatic heterocycles. The fourth-order valence-corrected chi connectivity index (χ4v) is 2.86. The Morgan fingerprint density at radius 3 is 3.00 bits per heavy atom. The summed E-state index contributed by atoms with van der Waals surface area (Å²) in [6.45, 7) is 1.86. The number of hydrogen-bond donors (Lipinski definition) is 1. The Morgan fingerprint density at radius 2 is 2.30 bits per heavy atom. The van der Waals surface area contributed by atoms with Crippen molar-refractivity contribution in [1.82, 2.24) is 14.7 Å². The number of aromatic nitrogens is 2. The third kappa shape index (κ3) is 4.20. The van der Waals surface area contributed by atoms with Crippen LogP contribution in [0.3, 0.4) is 0 Å². The van der Waals surface area contributed by atoms with Crippen LogP contribution in [-0.4, -0.2) is 33.4 Å². The van der Waals surface area contributed by atoms with E-state index in [1.807, 2.05) is 30.2 Å². The minimum Gasteiger partial charge on any atom is -0.395 e. The van der Waals surface area contributed by atoms with E-state index in [1.165, 1.54) is 10.4 Å². The second kappa shape index (κ2) is 7.25. The van der Waals surface area contributed by atoms with Gasteiger partial charge in [-0.3, -0.25) is 9.58 Å². The van der Waals surface area contributed by atoms with Crippen LogP contribution >= 0.6 is 11.3 Å². The average molecular weight is 289 g/mol. The van der Waals surface area contributed by atoms with Gasteiger partial charge in [-0.25, -0.2) is 0 Å². The zero-order valence-electron chi connectivity index (χ0n) is 11.8. The Labute approximate surface area is 123 Å². The fraction of sp³-hybridized carbons (Fsp3) is 0.400. The molecule has 0 aromatic carbocycles. The van der Waals surface area contributed by atoms with Crippen LogP contribution in [0, 0.1) is 11.8 Å². The van der Waals surface area contributed by atoms with Crippen molar-refractivity contribution in [2.75, 3.05) is 13.7 Å². The topological polar surface area (TPSA) is 41.3 Å². The quantitative estimate of drug-likeness (QED) is 0.854. The molecule has 0 aliphatic rings. The zero-order valence-corrected chi connectivity index (χ0v) is 12.7. The normalized spacial score (nSPS) is 10.6. The van der Waals surface area contributed by atoms with Gasteiger partial charge in [0.2, 0.25) is 0 Å². The van der Waals surface area contributed by atoms with E-state index in [4.69, 9.17) is 5.11 Å². The van der Waals surface area contributed by atoms with E-state index in [2.05, 4.69) is 34.3 Å². The van der Waals surface area contributed by atoms with Crippen LogP contribution in [0.2, 0.25) is 0 Å². The van der Waals surface area contributed by atoms with E-state index in [-0.39, 0.29) is 6.61 Å². The molecule has 106 valence electrons. The lowest BCUT2D eigenvalue weighted by molar-refractivity contribution is 0.305. The van der Waals surface area contributed by atoms with Crippen LogP contribution in [0.1, 0.15) is 22.4 Å².